The van der Waals surface area contributed by atoms with Gasteiger partial charge in [0.1, 0.15) is 11.4 Å². The average Bonchev–Trinajstić information content (AvgIpc) is 2.83. The van der Waals surface area contributed by atoms with E-state index in [1.165, 1.54) is 6.07 Å². The standard InChI is InChI=1S/C18H22BrFN4O3/c1-23(10-12-9-13(19)5-6-14(12)20)11-15(25)22-24-16(26)18(21-17(24)27)7-3-2-4-8-18/h5-6,9H,2-4,7-8,10-11H2,1H3,(H,21,27)(H,22,25). The first-order valence-electron chi connectivity index (χ1n) is 8.89. The average molecular weight is 441 g/mol. The molecule has 0 aromatic heterocycles. The van der Waals surface area contributed by atoms with Crippen molar-refractivity contribution in [3.05, 3.63) is 34.1 Å². The van der Waals surface area contributed by atoms with Crippen LogP contribution in [0.4, 0.5) is 9.18 Å². The Kier molecular flexibility index (Phi) is 5.81. The lowest BCUT2D eigenvalue weighted by Crippen LogP contribution is -2.52. The highest BCUT2D eigenvalue weighted by Gasteiger charge is 2.52. The Morgan fingerprint density at radius 2 is 2.04 bits per heavy atom. The Labute approximate surface area is 165 Å². The molecule has 1 aliphatic heterocycles. The van der Waals surface area contributed by atoms with Gasteiger partial charge in [-0.25, -0.2) is 9.18 Å². The van der Waals surface area contributed by atoms with Crippen molar-refractivity contribution in [3.63, 3.8) is 0 Å². The van der Waals surface area contributed by atoms with Gasteiger partial charge in [0.05, 0.1) is 6.54 Å². The zero-order chi connectivity index (χ0) is 19.6. The third-order valence-corrected chi connectivity index (χ3v) is 5.46. The maximum absolute atomic E-state index is 13.8. The van der Waals surface area contributed by atoms with E-state index >= 15 is 0 Å². The van der Waals surface area contributed by atoms with Crippen molar-refractivity contribution in [3.8, 4) is 0 Å². The topological polar surface area (TPSA) is 81.8 Å². The van der Waals surface area contributed by atoms with Gasteiger partial charge in [0, 0.05) is 16.6 Å². The summed E-state index contributed by atoms with van der Waals surface area (Å²) >= 11 is 3.29. The highest BCUT2D eigenvalue weighted by molar-refractivity contribution is 9.10. The molecule has 1 aliphatic carbocycles. The number of halogens is 2. The third-order valence-electron chi connectivity index (χ3n) is 4.97. The lowest BCUT2D eigenvalue weighted by Gasteiger charge is -2.30. The second kappa shape index (κ2) is 7.93. The number of hydrogen-bond acceptors (Lipinski definition) is 4. The van der Waals surface area contributed by atoms with E-state index in [2.05, 4.69) is 26.7 Å². The van der Waals surface area contributed by atoms with Crippen LogP contribution in [0.1, 0.15) is 37.7 Å². The summed E-state index contributed by atoms with van der Waals surface area (Å²) in [6.07, 6.45) is 3.95. The first-order valence-corrected chi connectivity index (χ1v) is 9.69. The molecule has 146 valence electrons. The molecule has 0 unspecified atom stereocenters. The van der Waals surface area contributed by atoms with E-state index in [9.17, 15) is 18.8 Å². The van der Waals surface area contributed by atoms with Gasteiger partial charge in [-0.15, -0.1) is 0 Å². The second-order valence-corrected chi connectivity index (χ2v) is 8.07. The number of nitrogens with one attached hydrogen (secondary N) is 2. The molecular weight excluding hydrogens is 419 g/mol. The summed E-state index contributed by atoms with van der Waals surface area (Å²) in [5, 5.41) is 3.51. The number of amides is 4. The number of carbonyl (C=O) groups excluding carboxylic acids is 3. The van der Waals surface area contributed by atoms with Crippen LogP contribution in [-0.4, -0.2) is 46.9 Å². The number of carbonyl (C=O) groups is 3. The van der Waals surface area contributed by atoms with Crippen molar-refractivity contribution in [2.45, 2.75) is 44.2 Å². The van der Waals surface area contributed by atoms with Crippen LogP contribution < -0.4 is 10.7 Å². The Morgan fingerprint density at radius 3 is 2.74 bits per heavy atom. The molecule has 27 heavy (non-hydrogen) atoms. The lowest BCUT2D eigenvalue weighted by molar-refractivity contribution is -0.140. The summed E-state index contributed by atoms with van der Waals surface area (Å²) in [5.74, 6) is -1.27. The fraction of sp³-hybridized carbons (Fsp3) is 0.500. The Morgan fingerprint density at radius 1 is 1.33 bits per heavy atom. The third kappa shape index (κ3) is 4.30. The van der Waals surface area contributed by atoms with Crippen molar-refractivity contribution >= 4 is 33.8 Å². The van der Waals surface area contributed by atoms with E-state index in [4.69, 9.17) is 0 Å². The Balaban J connectivity index is 1.58. The van der Waals surface area contributed by atoms with Crippen molar-refractivity contribution in [2.75, 3.05) is 13.6 Å². The van der Waals surface area contributed by atoms with Crippen LogP contribution in [0.5, 0.6) is 0 Å². The number of urea groups is 1. The predicted molar refractivity (Wildman–Crippen MR) is 99.8 cm³/mol. The van der Waals surface area contributed by atoms with Crippen LogP contribution in [0.15, 0.2) is 22.7 Å². The number of imide groups is 1. The molecule has 1 saturated heterocycles. The zero-order valence-corrected chi connectivity index (χ0v) is 16.6. The minimum absolute atomic E-state index is 0.0873. The van der Waals surface area contributed by atoms with Crippen LogP contribution in [0.2, 0.25) is 0 Å². The Bertz CT molecular complexity index is 767. The number of hydrogen-bond donors (Lipinski definition) is 2. The van der Waals surface area contributed by atoms with E-state index in [0.29, 0.717) is 18.4 Å². The van der Waals surface area contributed by atoms with Crippen molar-refractivity contribution < 1.29 is 18.8 Å². The van der Waals surface area contributed by atoms with Crippen LogP contribution in [0.25, 0.3) is 0 Å². The molecule has 1 aromatic carbocycles. The number of likely N-dealkylation sites (N-methyl/N-ethyl adjacent to an activating group) is 1. The lowest BCUT2D eigenvalue weighted by atomic mass is 9.82. The molecule has 4 amide bonds. The van der Waals surface area contributed by atoms with Gasteiger partial charge < -0.3 is 5.32 Å². The van der Waals surface area contributed by atoms with Crippen LogP contribution in [0, 0.1) is 5.82 Å². The fourth-order valence-electron chi connectivity index (χ4n) is 3.63. The molecule has 1 heterocycles. The molecule has 0 bridgehead atoms. The van der Waals surface area contributed by atoms with Crippen LogP contribution in [0.3, 0.4) is 0 Å². The molecule has 2 fully saturated rings. The minimum atomic E-state index is -0.881. The van der Waals surface area contributed by atoms with E-state index in [0.717, 1.165) is 28.7 Å². The molecule has 1 spiro atoms. The fourth-order valence-corrected chi connectivity index (χ4v) is 4.04. The number of benzene rings is 1. The molecule has 1 aromatic rings. The van der Waals surface area contributed by atoms with Gasteiger partial charge in [-0.05, 0) is 38.1 Å². The van der Waals surface area contributed by atoms with Gasteiger partial charge in [0.15, 0.2) is 0 Å². The summed E-state index contributed by atoms with van der Waals surface area (Å²) < 4.78 is 14.6. The smallest absolute Gasteiger partial charge is 0.322 e. The van der Waals surface area contributed by atoms with Gasteiger partial charge >= 0.3 is 6.03 Å². The van der Waals surface area contributed by atoms with Crippen molar-refractivity contribution in [1.82, 2.24) is 20.7 Å². The van der Waals surface area contributed by atoms with E-state index in [1.54, 1.807) is 24.1 Å². The number of hydrazine groups is 1. The molecule has 9 heteroatoms. The van der Waals surface area contributed by atoms with Crippen LogP contribution >= 0.6 is 15.9 Å². The number of rotatable bonds is 5. The quantitative estimate of drug-likeness (QED) is 0.688. The summed E-state index contributed by atoms with van der Waals surface area (Å²) in [5.41, 5.74) is 1.94. The van der Waals surface area contributed by atoms with E-state index in [-0.39, 0.29) is 18.9 Å². The molecule has 3 rings (SSSR count). The molecule has 2 aliphatic rings. The summed E-state index contributed by atoms with van der Waals surface area (Å²) in [6, 6.07) is 4.00. The molecular formula is C18H22BrFN4O3. The van der Waals surface area contributed by atoms with E-state index < -0.39 is 23.4 Å². The normalized spacial score (nSPS) is 18.9. The summed E-state index contributed by atoms with van der Waals surface area (Å²) in [6.45, 7) is 0.124. The van der Waals surface area contributed by atoms with Gasteiger partial charge in [-0.1, -0.05) is 35.2 Å². The molecule has 0 atom stereocenters. The maximum Gasteiger partial charge on any atom is 0.344 e. The SMILES string of the molecule is CN(CC(=O)NN1C(=O)NC2(CCCCC2)C1=O)Cc1cc(Br)ccc1F. The number of nitrogens with zero attached hydrogens (tertiary/aromatic N) is 2. The van der Waals surface area contributed by atoms with Crippen LogP contribution in [-0.2, 0) is 16.1 Å². The first kappa shape index (κ1) is 19.8. The maximum atomic E-state index is 13.8. The van der Waals surface area contributed by atoms with Gasteiger partial charge in [0.25, 0.3) is 11.8 Å². The van der Waals surface area contributed by atoms with Crippen molar-refractivity contribution in [1.29, 1.82) is 0 Å². The molecule has 1 saturated carbocycles. The monoisotopic (exact) mass is 440 g/mol. The minimum Gasteiger partial charge on any atom is -0.322 e. The first-order chi connectivity index (χ1) is 12.8. The molecule has 0 radical (unpaired) electrons. The molecule has 7 nitrogen and oxygen atoms in total. The van der Waals surface area contributed by atoms with Gasteiger partial charge in [-0.3, -0.25) is 19.9 Å². The van der Waals surface area contributed by atoms with Gasteiger partial charge in [-0.2, -0.15) is 5.01 Å². The van der Waals surface area contributed by atoms with Gasteiger partial charge in [0.2, 0.25) is 0 Å². The summed E-state index contributed by atoms with van der Waals surface area (Å²) in [4.78, 5) is 38.7. The largest absolute Gasteiger partial charge is 0.344 e. The van der Waals surface area contributed by atoms with Crippen molar-refractivity contribution in [2.24, 2.45) is 0 Å². The molecule has 2 N–H and O–H groups in total. The zero-order valence-electron chi connectivity index (χ0n) is 15.1. The highest BCUT2D eigenvalue weighted by Crippen LogP contribution is 2.32. The Hall–Kier alpha value is -2.00. The second-order valence-electron chi connectivity index (χ2n) is 7.16. The van der Waals surface area contributed by atoms with E-state index in [1.807, 2.05) is 0 Å². The highest BCUT2D eigenvalue weighted by atomic mass is 79.9. The summed E-state index contributed by atoms with van der Waals surface area (Å²) in [7, 11) is 1.66. The predicted octanol–water partition coefficient (Wildman–Crippen LogP) is 2.31.